The lowest BCUT2D eigenvalue weighted by atomic mass is 10.0. The Kier molecular flexibility index (Phi) is 9.11. The summed E-state index contributed by atoms with van der Waals surface area (Å²) in [5.74, 6) is 0.749. The molecule has 164 valence electrons. The van der Waals surface area contributed by atoms with Gasteiger partial charge in [-0.15, -0.1) is 0 Å². The topological polar surface area (TPSA) is 46.2 Å². The summed E-state index contributed by atoms with van der Waals surface area (Å²) in [6.07, 6.45) is 5.81. The van der Waals surface area contributed by atoms with E-state index in [4.69, 9.17) is 18.9 Å². The Balaban J connectivity index is 1.31. The minimum Gasteiger partial charge on any atom is -0.435 e. The van der Waals surface area contributed by atoms with Crippen molar-refractivity contribution in [3.8, 4) is 5.75 Å². The van der Waals surface area contributed by atoms with Gasteiger partial charge in [-0.05, 0) is 30.5 Å². The van der Waals surface area contributed by atoms with Gasteiger partial charge < -0.3 is 23.7 Å². The number of rotatable bonds is 10. The second-order valence-corrected chi connectivity index (χ2v) is 7.81. The van der Waals surface area contributed by atoms with Gasteiger partial charge in [-0.3, -0.25) is 0 Å². The van der Waals surface area contributed by atoms with Crippen LogP contribution >= 0.6 is 0 Å². The average Bonchev–Trinajstić information content (AvgIpc) is 2.74. The van der Waals surface area contributed by atoms with Gasteiger partial charge in [0.1, 0.15) is 5.75 Å². The summed E-state index contributed by atoms with van der Waals surface area (Å²) in [6, 6.07) is 6.66. The first-order valence-electron chi connectivity index (χ1n) is 10.6. The first-order valence-corrected chi connectivity index (χ1v) is 10.6. The standard InChI is InChI=1S/C22H32F2O5/c1-2-3-4-5-17-12-27-21(28-13-17)18-14-25-20(26-15-18)11-8-16-6-9-19(10-7-16)29-22(23)24/h6-7,9-10,17-18,20-22H,2-5,8,11-15H2,1H3. The average molecular weight is 414 g/mol. The number of unbranched alkanes of at least 4 members (excludes halogenated alkanes) is 2. The van der Waals surface area contributed by atoms with E-state index < -0.39 is 6.61 Å². The van der Waals surface area contributed by atoms with Gasteiger partial charge in [-0.25, -0.2) is 0 Å². The molecular formula is C22H32F2O5. The van der Waals surface area contributed by atoms with E-state index in [9.17, 15) is 8.78 Å². The van der Waals surface area contributed by atoms with Crippen molar-refractivity contribution >= 4 is 0 Å². The highest BCUT2D eigenvalue weighted by molar-refractivity contribution is 5.27. The van der Waals surface area contributed by atoms with Crippen molar-refractivity contribution < 1.29 is 32.5 Å². The first kappa shape index (κ1) is 22.4. The lowest BCUT2D eigenvalue weighted by Crippen LogP contribution is -2.44. The summed E-state index contributed by atoms with van der Waals surface area (Å²) in [5, 5.41) is 0. The number of halogens is 2. The van der Waals surface area contributed by atoms with Gasteiger partial charge in [0.05, 0.1) is 32.3 Å². The van der Waals surface area contributed by atoms with Gasteiger partial charge in [0, 0.05) is 12.3 Å². The van der Waals surface area contributed by atoms with Gasteiger partial charge in [-0.1, -0.05) is 38.3 Å². The fourth-order valence-electron chi connectivity index (χ4n) is 3.68. The molecule has 2 heterocycles. The Labute approximate surface area is 171 Å². The molecule has 2 saturated heterocycles. The predicted molar refractivity (Wildman–Crippen MR) is 104 cm³/mol. The summed E-state index contributed by atoms with van der Waals surface area (Å²) in [5.41, 5.74) is 1.02. The molecule has 0 amide bonds. The molecule has 7 heteroatoms. The Hall–Kier alpha value is -1.28. The van der Waals surface area contributed by atoms with E-state index in [-0.39, 0.29) is 24.2 Å². The largest absolute Gasteiger partial charge is 0.435 e. The molecule has 0 unspecified atom stereocenters. The number of hydrogen-bond donors (Lipinski definition) is 0. The first-order chi connectivity index (χ1) is 14.1. The molecule has 5 nitrogen and oxygen atoms in total. The second-order valence-electron chi connectivity index (χ2n) is 7.81. The number of aryl methyl sites for hydroxylation is 1. The minimum absolute atomic E-state index is 0.0913. The molecular weight excluding hydrogens is 382 g/mol. The summed E-state index contributed by atoms with van der Waals surface area (Å²) in [6.45, 7) is 2.01. The molecule has 2 aliphatic heterocycles. The van der Waals surface area contributed by atoms with Crippen LogP contribution in [0.4, 0.5) is 8.78 Å². The summed E-state index contributed by atoms with van der Waals surface area (Å²) >= 11 is 0. The lowest BCUT2D eigenvalue weighted by molar-refractivity contribution is -0.281. The molecule has 0 N–H and O–H groups in total. The van der Waals surface area contributed by atoms with Gasteiger partial charge in [0.25, 0.3) is 0 Å². The quantitative estimate of drug-likeness (QED) is 0.516. The Morgan fingerprint density at radius 1 is 0.931 bits per heavy atom. The number of hydrogen-bond acceptors (Lipinski definition) is 5. The molecule has 2 aliphatic rings. The fourth-order valence-corrected chi connectivity index (χ4v) is 3.68. The number of alkyl halides is 2. The number of ether oxygens (including phenoxy) is 5. The van der Waals surface area contributed by atoms with E-state index in [0.717, 1.165) is 31.6 Å². The highest BCUT2D eigenvalue weighted by Gasteiger charge is 2.33. The van der Waals surface area contributed by atoms with Crippen LogP contribution in [-0.2, 0) is 25.4 Å². The summed E-state index contributed by atoms with van der Waals surface area (Å²) in [7, 11) is 0. The molecule has 0 radical (unpaired) electrons. The molecule has 0 bridgehead atoms. The van der Waals surface area contributed by atoms with Crippen LogP contribution in [0.2, 0.25) is 0 Å². The second kappa shape index (κ2) is 11.8. The monoisotopic (exact) mass is 414 g/mol. The maximum Gasteiger partial charge on any atom is 0.387 e. The van der Waals surface area contributed by atoms with E-state index in [1.54, 1.807) is 24.3 Å². The molecule has 0 saturated carbocycles. The molecule has 0 spiro atoms. The normalized spacial score (nSPS) is 27.9. The van der Waals surface area contributed by atoms with E-state index in [2.05, 4.69) is 11.7 Å². The van der Waals surface area contributed by atoms with Gasteiger partial charge in [0.2, 0.25) is 0 Å². The van der Waals surface area contributed by atoms with Crippen LogP contribution in [0.1, 0.15) is 44.6 Å². The van der Waals surface area contributed by atoms with E-state index in [1.165, 1.54) is 19.3 Å². The van der Waals surface area contributed by atoms with Crippen LogP contribution in [0.3, 0.4) is 0 Å². The lowest BCUT2D eigenvalue weighted by Gasteiger charge is -2.37. The zero-order valence-corrected chi connectivity index (χ0v) is 17.1. The van der Waals surface area contributed by atoms with Crippen LogP contribution < -0.4 is 4.74 Å². The zero-order chi connectivity index (χ0) is 20.5. The molecule has 0 aromatic heterocycles. The molecule has 1 aromatic rings. The fraction of sp³-hybridized carbons (Fsp3) is 0.727. The SMILES string of the molecule is CCCCCC1COC(C2COC(CCc3ccc(OC(F)F)cc3)OC2)OC1. The maximum atomic E-state index is 12.2. The van der Waals surface area contributed by atoms with Gasteiger partial charge in [0.15, 0.2) is 12.6 Å². The van der Waals surface area contributed by atoms with Crippen LogP contribution in [0, 0.1) is 11.8 Å². The third-order valence-electron chi connectivity index (χ3n) is 5.40. The highest BCUT2D eigenvalue weighted by atomic mass is 19.3. The van der Waals surface area contributed by atoms with Gasteiger partial charge in [-0.2, -0.15) is 8.78 Å². The third-order valence-corrected chi connectivity index (χ3v) is 5.40. The molecule has 3 rings (SSSR count). The Bertz CT molecular complexity index is 567. The van der Waals surface area contributed by atoms with E-state index >= 15 is 0 Å². The smallest absolute Gasteiger partial charge is 0.387 e. The van der Waals surface area contributed by atoms with Crippen molar-refractivity contribution in [3.05, 3.63) is 29.8 Å². The summed E-state index contributed by atoms with van der Waals surface area (Å²) < 4.78 is 52.2. The molecule has 1 aromatic carbocycles. The van der Waals surface area contributed by atoms with Crippen molar-refractivity contribution in [2.24, 2.45) is 11.8 Å². The van der Waals surface area contributed by atoms with Crippen LogP contribution in [0.5, 0.6) is 5.75 Å². The van der Waals surface area contributed by atoms with E-state index in [0.29, 0.717) is 25.6 Å². The van der Waals surface area contributed by atoms with Crippen molar-refractivity contribution in [1.29, 1.82) is 0 Å². The highest BCUT2D eigenvalue weighted by Crippen LogP contribution is 2.26. The van der Waals surface area contributed by atoms with Crippen LogP contribution in [0.25, 0.3) is 0 Å². The van der Waals surface area contributed by atoms with Crippen molar-refractivity contribution in [2.75, 3.05) is 26.4 Å². The molecule has 0 atom stereocenters. The molecule has 2 fully saturated rings. The molecule has 29 heavy (non-hydrogen) atoms. The van der Waals surface area contributed by atoms with Crippen molar-refractivity contribution in [3.63, 3.8) is 0 Å². The predicted octanol–water partition coefficient (Wildman–Crippen LogP) is 4.78. The molecule has 0 aliphatic carbocycles. The minimum atomic E-state index is -2.80. The maximum absolute atomic E-state index is 12.2. The van der Waals surface area contributed by atoms with E-state index in [1.807, 2.05) is 0 Å². The Morgan fingerprint density at radius 3 is 2.24 bits per heavy atom. The van der Waals surface area contributed by atoms with Crippen molar-refractivity contribution in [2.45, 2.75) is 64.6 Å². The summed E-state index contributed by atoms with van der Waals surface area (Å²) in [4.78, 5) is 0. The Morgan fingerprint density at radius 2 is 1.62 bits per heavy atom. The van der Waals surface area contributed by atoms with Crippen molar-refractivity contribution in [1.82, 2.24) is 0 Å². The zero-order valence-electron chi connectivity index (χ0n) is 17.1. The number of benzene rings is 1. The van der Waals surface area contributed by atoms with Gasteiger partial charge >= 0.3 is 6.61 Å². The third kappa shape index (κ3) is 7.48. The van der Waals surface area contributed by atoms with Crippen LogP contribution in [-0.4, -0.2) is 45.6 Å². The van der Waals surface area contributed by atoms with Crippen LogP contribution in [0.15, 0.2) is 24.3 Å².